The van der Waals surface area contributed by atoms with Crippen LogP contribution < -0.4 is 0 Å². The third kappa shape index (κ3) is 3.33. The van der Waals surface area contributed by atoms with E-state index >= 15 is 0 Å². The van der Waals surface area contributed by atoms with E-state index in [2.05, 4.69) is 26.3 Å². The Morgan fingerprint density at radius 1 is 1.38 bits per heavy atom. The van der Waals surface area contributed by atoms with Crippen molar-refractivity contribution in [1.29, 1.82) is 0 Å². The largest absolute Gasteiger partial charge is 0.377 e. The van der Waals surface area contributed by atoms with E-state index in [1.807, 2.05) is 18.2 Å². The first kappa shape index (κ1) is 14.3. The van der Waals surface area contributed by atoms with Crippen LogP contribution in [0.4, 0.5) is 0 Å². The fourth-order valence-corrected chi connectivity index (χ4v) is 3.36. The Kier molecular flexibility index (Phi) is 4.67. The molecule has 0 radical (unpaired) electrons. The highest BCUT2D eigenvalue weighted by atomic mass is 32.2. The highest BCUT2D eigenvalue weighted by Gasteiger charge is 2.19. The van der Waals surface area contributed by atoms with E-state index in [1.54, 1.807) is 24.2 Å². The molecule has 0 spiro atoms. The average molecular weight is 302 g/mol. The minimum Gasteiger partial charge on any atom is -0.377 e. The fraction of sp³-hybridized carbons (Fsp3) is 0.400. The number of hydrogen-bond donors (Lipinski definition) is 0. The van der Waals surface area contributed by atoms with E-state index in [-0.39, 0.29) is 0 Å². The Morgan fingerprint density at radius 2 is 2.24 bits per heavy atom. The third-order valence-corrected chi connectivity index (χ3v) is 4.49. The molecule has 1 aliphatic rings. The van der Waals surface area contributed by atoms with Crippen molar-refractivity contribution < 1.29 is 4.74 Å². The quantitative estimate of drug-likeness (QED) is 0.606. The second-order valence-corrected chi connectivity index (χ2v) is 5.87. The van der Waals surface area contributed by atoms with Crippen LogP contribution in [0.2, 0.25) is 0 Å². The molecular formula is C15H18N4OS. The van der Waals surface area contributed by atoms with Gasteiger partial charge < -0.3 is 4.74 Å². The molecular weight excluding hydrogens is 284 g/mol. The van der Waals surface area contributed by atoms with Crippen molar-refractivity contribution in [1.82, 2.24) is 19.7 Å². The maximum Gasteiger partial charge on any atom is 0.191 e. The molecule has 1 unspecified atom stereocenters. The summed E-state index contributed by atoms with van der Waals surface area (Å²) in [7, 11) is 0. The topological polar surface area (TPSA) is 52.8 Å². The van der Waals surface area contributed by atoms with Gasteiger partial charge in [0.15, 0.2) is 11.0 Å². The van der Waals surface area contributed by atoms with Gasteiger partial charge in [-0.05, 0) is 25.0 Å². The van der Waals surface area contributed by atoms with Gasteiger partial charge in [-0.2, -0.15) is 0 Å². The molecule has 1 atom stereocenters. The second-order valence-electron chi connectivity index (χ2n) is 4.89. The summed E-state index contributed by atoms with van der Waals surface area (Å²) in [5.41, 5.74) is 1.02. The Bertz CT molecular complexity index is 593. The predicted molar refractivity (Wildman–Crippen MR) is 83.1 cm³/mol. The molecule has 5 nitrogen and oxygen atoms in total. The summed E-state index contributed by atoms with van der Waals surface area (Å²) in [5.74, 6) is 1.78. The van der Waals surface area contributed by atoms with Crippen LogP contribution in [0.15, 0.2) is 42.3 Å². The van der Waals surface area contributed by atoms with Crippen LogP contribution >= 0.6 is 11.8 Å². The van der Waals surface area contributed by atoms with Gasteiger partial charge in [0.2, 0.25) is 0 Å². The molecule has 0 aliphatic carbocycles. The normalized spacial score (nSPS) is 18.0. The fourth-order valence-electron chi connectivity index (χ4n) is 2.35. The number of allylic oxidation sites excluding steroid dienone is 1. The van der Waals surface area contributed by atoms with E-state index < -0.39 is 0 Å². The molecule has 0 N–H and O–H groups in total. The molecule has 1 fully saturated rings. The highest BCUT2D eigenvalue weighted by molar-refractivity contribution is 7.99. The Hall–Kier alpha value is -1.66. The smallest absolute Gasteiger partial charge is 0.191 e. The summed E-state index contributed by atoms with van der Waals surface area (Å²) in [6.07, 6.45) is 8.04. The van der Waals surface area contributed by atoms with Gasteiger partial charge in [-0.25, -0.2) is 0 Å². The molecule has 6 heteroatoms. The third-order valence-electron chi connectivity index (χ3n) is 3.39. The highest BCUT2D eigenvalue weighted by Crippen LogP contribution is 2.26. The summed E-state index contributed by atoms with van der Waals surface area (Å²) < 4.78 is 7.74. The molecule has 110 valence electrons. The lowest BCUT2D eigenvalue weighted by atomic mass is 10.2. The number of hydrogen-bond acceptors (Lipinski definition) is 5. The summed E-state index contributed by atoms with van der Waals surface area (Å²) in [6.45, 7) is 5.40. The van der Waals surface area contributed by atoms with Crippen molar-refractivity contribution in [2.75, 3.05) is 12.4 Å². The molecule has 0 amide bonds. The molecule has 21 heavy (non-hydrogen) atoms. The minimum atomic E-state index is 0.341. The Labute approximate surface area is 128 Å². The monoisotopic (exact) mass is 302 g/mol. The number of thioether (sulfide) groups is 1. The zero-order valence-corrected chi connectivity index (χ0v) is 12.6. The first-order chi connectivity index (χ1) is 10.4. The van der Waals surface area contributed by atoms with E-state index in [9.17, 15) is 0 Å². The predicted octanol–water partition coefficient (Wildman–Crippen LogP) is 2.80. The van der Waals surface area contributed by atoms with Crippen molar-refractivity contribution in [3.63, 3.8) is 0 Å². The van der Waals surface area contributed by atoms with Gasteiger partial charge in [-0.15, -0.1) is 16.8 Å². The van der Waals surface area contributed by atoms with Gasteiger partial charge in [0, 0.05) is 36.9 Å². The lowest BCUT2D eigenvalue weighted by molar-refractivity contribution is 0.129. The van der Waals surface area contributed by atoms with Crippen molar-refractivity contribution in [2.24, 2.45) is 0 Å². The Morgan fingerprint density at radius 3 is 2.95 bits per heavy atom. The summed E-state index contributed by atoms with van der Waals surface area (Å²) in [6, 6.07) is 3.89. The molecule has 1 aliphatic heterocycles. The maximum atomic E-state index is 5.66. The molecule has 2 aromatic rings. The van der Waals surface area contributed by atoms with Crippen LogP contribution in [-0.4, -0.2) is 38.2 Å². The van der Waals surface area contributed by atoms with Crippen LogP contribution in [0.3, 0.4) is 0 Å². The van der Waals surface area contributed by atoms with Crippen molar-refractivity contribution in [3.05, 3.63) is 37.2 Å². The van der Waals surface area contributed by atoms with Crippen LogP contribution in [0.25, 0.3) is 11.4 Å². The number of nitrogens with zero attached hydrogens (tertiary/aromatic N) is 4. The Balaban J connectivity index is 1.80. The molecule has 0 saturated carbocycles. The maximum absolute atomic E-state index is 5.66. The standard InChI is InChI=1S/C15H18N4OS/c1-2-9-19-14(12-5-7-16-8-6-12)17-18-15(19)21-11-13-4-3-10-20-13/h2,5-8,13H,1,3-4,9-11H2. The molecule has 0 aromatic carbocycles. The average Bonchev–Trinajstić information content (AvgIpc) is 3.16. The van der Waals surface area contributed by atoms with E-state index in [0.29, 0.717) is 12.6 Å². The second kappa shape index (κ2) is 6.87. The van der Waals surface area contributed by atoms with Crippen molar-refractivity contribution in [2.45, 2.75) is 30.6 Å². The molecule has 3 rings (SSSR count). The van der Waals surface area contributed by atoms with E-state index in [0.717, 1.165) is 41.7 Å². The van der Waals surface area contributed by atoms with Gasteiger partial charge in [0.1, 0.15) is 0 Å². The zero-order chi connectivity index (χ0) is 14.5. The zero-order valence-electron chi connectivity index (χ0n) is 11.8. The van der Waals surface area contributed by atoms with Crippen molar-refractivity contribution >= 4 is 11.8 Å². The van der Waals surface area contributed by atoms with Gasteiger partial charge in [0.25, 0.3) is 0 Å². The van der Waals surface area contributed by atoms with Gasteiger partial charge in [0.05, 0.1) is 6.10 Å². The first-order valence-electron chi connectivity index (χ1n) is 7.07. The summed E-state index contributed by atoms with van der Waals surface area (Å²) in [4.78, 5) is 4.04. The number of ether oxygens (including phenoxy) is 1. The number of pyridine rings is 1. The number of aromatic nitrogens is 4. The summed E-state index contributed by atoms with van der Waals surface area (Å²) >= 11 is 1.70. The molecule has 0 bridgehead atoms. The molecule has 2 aromatic heterocycles. The molecule has 3 heterocycles. The lowest BCUT2D eigenvalue weighted by Crippen LogP contribution is -2.09. The lowest BCUT2D eigenvalue weighted by Gasteiger charge is -2.10. The van der Waals surface area contributed by atoms with Crippen LogP contribution in [0, 0.1) is 0 Å². The van der Waals surface area contributed by atoms with Crippen LogP contribution in [0.5, 0.6) is 0 Å². The SMILES string of the molecule is C=CCn1c(SCC2CCCO2)nnc1-c1ccncc1. The van der Waals surface area contributed by atoms with Gasteiger partial charge >= 0.3 is 0 Å². The van der Waals surface area contributed by atoms with Crippen LogP contribution in [0.1, 0.15) is 12.8 Å². The van der Waals surface area contributed by atoms with Crippen molar-refractivity contribution in [3.8, 4) is 11.4 Å². The molecule has 1 saturated heterocycles. The van der Waals surface area contributed by atoms with Crippen LogP contribution in [-0.2, 0) is 11.3 Å². The van der Waals surface area contributed by atoms with E-state index in [1.165, 1.54) is 0 Å². The number of rotatable bonds is 6. The minimum absolute atomic E-state index is 0.341. The first-order valence-corrected chi connectivity index (χ1v) is 8.06. The summed E-state index contributed by atoms with van der Waals surface area (Å²) in [5, 5.41) is 9.56. The van der Waals surface area contributed by atoms with Gasteiger partial charge in [-0.1, -0.05) is 17.8 Å². The van der Waals surface area contributed by atoms with E-state index in [4.69, 9.17) is 4.74 Å². The van der Waals surface area contributed by atoms with Gasteiger partial charge in [-0.3, -0.25) is 9.55 Å².